The predicted octanol–water partition coefficient (Wildman–Crippen LogP) is 5.79. The highest BCUT2D eigenvalue weighted by atomic mass is 35.5. The summed E-state index contributed by atoms with van der Waals surface area (Å²) in [4.78, 5) is 33.6. The Morgan fingerprint density at radius 2 is 2.03 bits per heavy atom. The molecule has 0 bridgehead atoms. The van der Waals surface area contributed by atoms with Crippen molar-refractivity contribution in [2.24, 2.45) is 17.3 Å². The monoisotopic (exact) mass is 434 g/mol. The quantitative estimate of drug-likeness (QED) is 0.254. The first kappa shape index (κ1) is 24.2. The van der Waals surface area contributed by atoms with E-state index in [-0.39, 0.29) is 33.4 Å². The Morgan fingerprint density at radius 1 is 1.37 bits per heavy atom. The second-order valence-corrected chi connectivity index (χ2v) is 8.73. The number of rotatable bonds is 7. The summed E-state index contributed by atoms with van der Waals surface area (Å²) >= 11 is 6.33. The highest BCUT2D eigenvalue weighted by Crippen LogP contribution is 2.45. The van der Waals surface area contributed by atoms with Crippen LogP contribution in [0.15, 0.2) is 23.8 Å². The lowest BCUT2D eigenvalue weighted by molar-refractivity contribution is -0.178. The van der Waals surface area contributed by atoms with Gasteiger partial charge in [0.15, 0.2) is 12.0 Å². The van der Waals surface area contributed by atoms with E-state index < -0.39 is 0 Å². The number of carbonyl (C=O) groups excluding carboxylic acids is 2. The van der Waals surface area contributed by atoms with Crippen molar-refractivity contribution in [2.75, 3.05) is 7.11 Å². The highest BCUT2D eigenvalue weighted by Gasteiger charge is 2.41. The van der Waals surface area contributed by atoms with E-state index in [0.29, 0.717) is 42.0 Å². The summed E-state index contributed by atoms with van der Waals surface area (Å²) < 4.78 is 0. The van der Waals surface area contributed by atoms with Crippen LogP contribution in [0.1, 0.15) is 62.0 Å². The van der Waals surface area contributed by atoms with Gasteiger partial charge in [0, 0.05) is 17.9 Å². The molecule has 0 saturated heterocycles. The van der Waals surface area contributed by atoms with Crippen LogP contribution in [0.2, 0.25) is 5.02 Å². The van der Waals surface area contributed by atoms with Crippen molar-refractivity contribution in [3.63, 3.8) is 0 Å². The lowest BCUT2D eigenvalue weighted by atomic mass is 9.61. The van der Waals surface area contributed by atoms with Gasteiger partial charge in [0.25, 0.3) is 0 Å². The third-order valence-corrected chi connectivity index (χ3v) is 7.12. The van der Waals surface area contributed by atoms with Crippen LogP contribution in [0.3, 0.4) is 0 Å². The molecule has 0 spiro atoms. The van der Waals surface area contributed by atoms with Crippen molar-refractivity contribution >= 4 is 23.7 Å². The number of hydrogen-bond acceptors (Lipinski definition) is 5. The number of carbonyl (C=O) groups is 2. The molecule has 30 heavy (non-hydrogen) atoms. The molecule has 0 aliphatic heterocycles. The van der Waals surface area contributed by atoms with Gasteiger partial charge in [-0.05, 0) is 43.6 Å². The Labute approximate surface area is 183 Å². The topological polar surface area (TPSA) is 72.8 Å². The highest BCUT2D eigenvalue weighted by molar-refractivity contribution is 6.33. The Hall–Kier alpha value is -2.11. The smallest absolute Gasteiger partial charge is 0.191 e. The minimum atomic E-state index is -0.200. The maximum atomic E-state index is 12.2. The summed E-state index contributed by atoms with van der Waals surface area (Å²) in [5, 5.41) is 10.8. The van der Waals surface area contributed by atoms with Gasteiger partial charge in [-0.1, -0.05) is 56.2 Å². The number of aromatic hydroxyl groups is 1. The SMILES string of the molecule is COOc1c(Cl)c(C)c(C=O)c(O)c1C/C=C(C)/C=C/C1(C)C(C)CCC(=O)C1C. The van der Waals surface area contributed by atoms with Crippen LogP contribution < -0.4 is 4.89 Å². The standard InChI is InChI=1S/C24H31ClO5/c1-14(11-12-24(5)15(2)8-10-20(27)17(24)4)7-9-18-22(28)19(13-26)16(3)21(25)23(18)30-29-6/h7,11-13,15,17,28H,8-10H2,1-6H3/b12-11+,14-7+. The molecule has 1 aromatic rings. The summed E-state index contributed by atoms with van der Waals surface area (Å²) in [5.41, 5.74) is 1.70. The summed E-state index contributed by atoms with van der Waals surface area (Å²) in [7, 11) is 1.35. The second-order valence-electron chi connectivity index (χ2n) is 8.36. The van der Waals surface area contributed by atoms with E-state index in [9.17, 15) is 14.7 Å². The number of Topliss-reactive ketones (excluding diaryl/α,β-unsaturated/α-hetero) is 1. The van der Waals surface area contributed by atoms with Crippen LogP contribution in [0.25, 0.3) is 0 Å². The van der Waals surface area contributed by atoms with Gasteiger partial charge in [0.1, 0.15) is 11.5 Å². The van der Waals surface area contributed by atoms with Crippen molar-refractivity contribution in [2.45, 2.75) is 53.9 Å². The summed E-state index contributed by atoms with van der Waals surface area (Å²) in [5.74, 6) is 0.718. The Kier molecular flexibility index (Phi) is 7.89. The van der Waals surface area contributed by atoms with Gasteiger partial charge in [-0.2, -0.15) is 4.89 Å². The molecule has 0 radical (unpaired) electrons. The lowest BCUT2D eigenvalue weighted by Crippen LogP contribution is -2.40. The lowest BCUT2D eigenvalue weighted by Gasteiger charge is -2.42. The summed E-state index contributed by atoms with van der Waals surface area (Å²) in [6, 6.07) is 0. The zero-order valence-corrected chi connectivity index (χ0v) is 19.3. The molecule has 3 unspecified atom stereocenters. The van der Waals surface area contributed by atoms with Crippen LogP contribution in [0.5, 0.6) is 11.5 Å². The fraction of sp³-hybridized carbons (Fsp3) is 0.500. The number of phenols is 1. The third-order valence-electron chi connectivity index (χ3n) is 6.67. The molecule has 1 N–H and O–H groups in total. The van der Waals surface area contributed by atoms with E-state index in [0.717, 1.165) is 12.0 Å². The average molecular weight is 435 g/mol. The maximum Gasteiger partial charge on any atom is 0.191 e. The van der Waals surface area contributed by atoms with Gasteiger partial charge >= 0.3 is 0 Å². The first-order chi connectivity index (χ1) is 14.1. The molecule has 6 heteroatoms. The molecule has 0 heterocycles. The van der Waals surface area contributed by atoms with Crippen LogP contribution >= 0.6 is 11.6 Å². The van der Waals surface area contributed by atoms with E-state index in [1.165, 1.54) is 7.11 Å². The molecule has 1 aromatic carbocycles. The number of halogens is 1. The molecule has 3 atom stereocenters. The molecule has 0 amide bonds. The molecule has 1 aliphatic rings. The van der Waals surface area contributed by atoms with E-state index in [2.05, 4.69) is 19.9 Å². The van der Waals surface area contributed by atoms with Gasteiger partial charge in [0.05, 0.1) is 17.7 Å². The van der Waals surface area contributed by atoms with E-state index in [1.54, 1.807) is 6.92 Å². The normalized spacial score (nSPS) is 25.0. The number of aldehydes is 1. The van der Waals surface area contributed by atoms with Crippen LogP contribution in [0, 0.1) is 24.2 Å². The first-order valence-electron chi connectivity index (χ1n) is 10.2. The summed E-state index contributed by atoms with van der Waals surface area (Å²) in [6.07, 6.45) is 8.47. The fourth-order valence-corrected chi connectivity index (χ4v) is 4.23. The minimum absolute atomic E-state index is 0.0258. The molecule has 2 rings (SSSR count). The maximum absolute atomic E-state index is 12.2. The molecule has 0 aromatic heterocycles. The van der Waals surface area contributed by atoms with Crippen LogP contribution in [-0.2, 0) is 16.1 Å². The Balaban J connectivity index is 2.35. The van der Waals surface area contributed by atoms with Crippen molar-refractivity contribution in [3.05, 3.63) is 45.5 Å². The van der Waals surface area contributed by atoms with Crippen molar-refractivity contribution in [3.8, 4) is 11.5 Å². The van der Waals surface area contributed by atoms with Gasteiger partial charge in [0.2, 0.25) is 0 Å². The van der Waals surface area contributed by atoms with Crippen LogP contribution in [0.4, 0.5) is 0 Å². The predicted molar refractivity (Wildman–Crippen MR) is 118 cm³/mol. The number of hydrogen-bond donors (Lipinski definition) is 1. The number of allylic oxidation sites excluding steroid dienone is 4. The molecule has 1 saturated carbocycles. The molecule has 164 valence electrons. The van der Waals surface area contributed by atoms with E-state index in [1.807, 2.05) is 26.0 Å². The number of benzene rings is 1. The van der Waals surface area contributed by atoms with Gasteiger partial charge in [-0.15, -0.1) is 0 Å². The van der Waals surface area contributed by atoms with E-state index in [4.69, 9.17) is 21.4 Å². The molecular formula is C24H31ClO5. The number of ketones is 1. The van der Waals surface area contributed by atoms with Crippen molar-refractivity contribution < 1.29 is 24.5 Å². The van der Waals surface area contributed by atoms with Gasteiger partial charge in [-0.25, -0.2) is 0 Å². The molecular weight excluding hydrogens is 404 g/mol. The fourth-order valence-electron chi connectivity index (χ4n) is 3.98. The molecule has 5 nitrogen and oxygen atoms in total. The van der Waals surface area contributed by atoms with Gasteiger partial charge in [-0.3, -0.25) is 9.59 Å². The molecule has 1 fully saturated rings. The van der Waals surface area contributed by atoms with E-state index >= 15 is 0 Å². The van der Waals surface area contributed by atoms with Crippen molar-refractivity contribution in [1.29, 1.82) is 0 Å². The second kappa shape index (κ2) is 9.80. The zero-order chi connectivity index (χ0) is 22.6. The average Bonchev–Trinajstić information content (AvgIpc) is 2.72. The zero-order valence-electron chi connectivity index (χ0n) is 18.5. The van der Waals surface area contributed by atoms with Crippen molar-refractivity contribution in [1.82, 2.24) is 0 Å². The Morgan fingerprint density at radius 3 is 2.63 bits per heavy atom. The third kappa shape index (κ3) is 4.62. The Bertz CT molecular complexity index is 886. The van der Waals surface area contributed by atoms with Crippen LogP contribution in [-0.4, -0.2) is 24.3 Å². The number of phenolic OH excluding ortho intramolecular Hbond substituents is 1. The first-order valence-corrected chi connectivity index (χ1v) is 10.5. The molecule has 1 aliphatic carbocycles. The largest absolute Gasteiger partial charge is 0.507 e. The summed E-state index contributed by atoms with van der Waals surface area (Å²) in [6.45, 7) is 9.91. The minimum Gasteiger partial charge on any atom is -0.507 e. The van der Waals surface area contributed by atoms with Gasteiger partial charge < -0.3 is 9.99 Å².